The van der Waals surface area contributed by atoms with Crippen LogP contribution in [0.4, 0.5) is 11.4 Å². The summed E-state index contributed by atoms with van der Waals surface area (Å²) in [5.41, 5.74) is 0.0919. The Morgan fingerprint density at radius 3 is 3.00 bits per heavy atom. The van der Waals surface area contributed by atoms with E-state index in [0.717, 1.165) is 0 Å². The van der Waals surface area contributed by atoms with Crippen LogP contribution in [0.3, 0.4) is 0 Å². The van der Waals surface area contributed by atoms with Gasteiger partial charge in [-0.15, -0.1) is 10.2 Å². The maximum absolute atomic E-state index is 11.1. The molecule has 102 valence electrons. The van der Waals surface area contributed by atoms with Crippen molar-refractivity contribution in [2.24, 2.45) is 0 Å². The number of rotatable bonds is 5. The summed E-state index contributed by atoms with van der Waals surface area (Å²) in [6.45, 7) is 2.96. The number of benzene rings is 1. The van der Waals surface area contributed by atoms with Crippen molar-refractivity contribution in [3.8, 4) is 6.07 Å². The molecule has 0 unspecified atom stereocenters. The summed E-state index contributed by atoms with van der Waals surface area (Å²) in [7, 11) is 0. The Morgan fingerprint density at radius 2 is 2.35 bits per heavy atom. The van der Waals surface area contributed by atoms with Crippen molar-refractivity contribution in [3.05, 3.63) is 46.0 Å². The number of anilines is 1. The van der Waals surface area contributed by atoms with Gasteiger partial charge in [-0.1, -0.05) is 6.07 Å². The highest BCUT2D eigenvalue weighted by atomic mass is 16.6. The number of hydrogen-bond acceptors (Lipinski definition) is 6. The van der Waals surface area contributed by atoms with E-state index in [-0.39, 0.29) is 11.3 Å². The highest BCUT2D eigenvalue weighted by molar-refractivity contribution is 5.68. The van der Waals surface area contributed by atoms with Crippen LogP contribution in [0.2, 0.25) is 0 Å². The van der Waals surface area contributed by atoms with E-state index in [2.05, 4.69) is 15.5 Å². The monoisotopic (exact) mass is 272 g/mol. The second-order valence-corrected chi connectivity index (χ2v) is 3.96. The molecule has 0 radical (unpaired) electrons. The fraction of sp³-hybridized carbons (Fsp3) is 0.250. The molecule has 0 aliphatic carbocycles. The van der Waals surface area contributed by atoms with Gasteiger partial charge in [0.25, 0.3) is 0 Å². The number of nitrogens with one attached hydrogen (secondary N) is 1. The lowest BCUT2D eigenvalue weighted by atomic mass is 10.1. The van der Waals surface area contributed by atoms with E-state index in [1.165, 1.54) is 6.07 Å². The summed E-state index contributed by atoms with van der Waals surface area (Å²) < 4.78 is 1.83. The van der Waals surface area contributed by atoms with Crippen molar-refractivity contribution in [1.82, 2.24) is 14.8 Å². The summed E-state index contributed by atoms with van der Waals surface area (Å²) >= 11 is 0. The fourth-order valence-electron chi connectivity index (χ4n) is 1.83. The molecule has 0 fully saturated rings. The van der Waals surface area contributed by atoms with Gasteiger partial charge in [-0.2, -0.15) is 5.26 Å². The predicted molar refractivity (Wildman–Crippen MR) is 70.8 cm³/mol. The van der Waals surface area contributed by atoms with Crippen LogP contribution in [0, 0.1) is 21.4 Å². The Hall–Kier alpha value is -2.95. The summed E-state index contributed by atoms with van der Waals surface area (Å²) in [6.07, 6.45) is 1.59. The van der Waals surface area contributed by atoms with Crippen LogP contribution in [0.25, 0.3) is 0 Å². The quantitative estimate of drug-likeness (QED) is 0.655. The molecule has 0 spiro atoms. The second kappa shape index (κ2) is 5.79. The van der Waals surface area contributed by atoms with Crippen LogP contribution in [-0.2, 0) is 13.1 Å². The molecule has 8 nitrogen and oxygen atoms in total. The van der Waals surface area contributed by atoms with Crippen molar-refractivity contribution >= 4 is 11.4 Å². The van der Waals surface area contributed by atoms with Crippen molar-refractivity contribution in [3.63, 3.8) is 0 Å². The van der Waals surface area contributed by atoms with Crippen molar-refractivity contribution in [2.45, 2.75) is 20.0 Å². The molecule has 0 aliphatic heterocycles. The van der Waals surface area contributed by atoms with E-state index in [1.54, 1.807) is 18.5 Å². The molecular weight excluding hydrogens is 260 g/mol. The molecule has 0 saturated carbocycles. The molecule has 0 aliphatic rings. The summed E-state index contributed by atoms with van der Waals surface area (Å²) in [6, 6.07) is 6.39. The number of nitro groups is 1. The number of nitriles is 1. The van der Waals surface area contributed by atoms with Gasteiger partial charge in [0.2, 0.25) is 0 Å². The lowest BCUT2D eigenvalue weighted by Gasteiger charge is -2.08. The maximum atomic E-state index is 11.1. The van der Waals surface area contributed by atoms with Gasteiger partial charge in [-0.05, 0) is 19.1 Å². The number of nitrogens with zero attached hydrogens (tertiary/aromatic N) is 5. The van der Waals surface area contributed by atoms with E-state index in [0.29, 0.717) is 24.6 Å². The molecule has 0 saturated heterocycles. The van der Waals surface area contributed by atoms with Crippen LogP contribution in [-0.4, -0.2) is 19.7 Å². The number of hydrogen-bond donors (Lipinski definition) is 1. The Balaban J connectivity index is 2.26. The fourth-order valence-corrected chi connectivity index (χ4v) is 1.83. The van der Waals surface area contributed by atoms with E-state index in [4.69, 9.17) is 5.26 Å². The molecule has 1 aromatic carbocycles. The molecule has 8 heteroatoms. The van der Waals surface area contributed by atoms with Gasteiger partial charge in [0.05, 0.1) is 11.5 Å². The molecule has 20 heavy (non-hydrogen) atoms. The van der Waals surface area contributed by atoms with E-state index in [9.17, 15) is 10.1 Å². The lowest BCUT2D eigenvalue weighted by molar-refractivity contribution is -0.384. The van der Waals surface area contributed by atoms with Gasteiger partial charge >= 0.3 is 5.69 Å². The Labute approximate surface area is 114 Å². The minimum absolute atomic E-state index is 0.0250. The standard InChI is InChI=1S/C12H12N6O2/c1-2-17-8-15-16-11(17)7-14-10-5-3-4-9(6-13)12(10)18(19)20/h3-5,8,14H,2,7H2,1H3. The van der Waals surface area contributed by atoms with Crippen molar-refractivity contribution in [2.75, 3.05) is 5.32 Å². The largest absolute Gasteiger partial charge is 0.372 e. The van der Waals surface area contributed by atoms with Gasteiger partial charge in [0.1, 0.15) is 23.6 Å². The van der Waals surface area contributed by atoms with E-state index >= 15 is 0 Å². The lowest BCUT2D eigenvalue weighted by Crippen LogP contribution is -2.09. The minimum Gasteiger partial charge on any atom is -0.372 e. The minimum atomic E-state index is -0.564. The number of aromatic nitrogens is 3. The topological polar surface area (TPSA) is 110 Å². The third-order valence-corrected chi connectivity index (χ3v) is 2.81. The zero-order chi connectivity index (χ0) is 14.5. The van der Waals surface area contributed by atoms with Crippen LogP contribution < -0.4 is 5.32 Å². The van der Waals surface area contributed by atoms with Gasteiger partial charge in [0.15, 0.2) is 5.82 Å². The summed E-state index contributed by atoms with van der Waals surface area (Å²) in [5, 5.41) is 30.6. The second-order valence-electron chi connectivity index (χ2n) is 3.96. The Bertz CT molecular complexity index is 673. The van der Waals surface area contributed by atoms with E-state index in [1.807, 2.05) is 17.6 Å². The zero-order valence-corrected chi connectivity index (χ0v) is 10.8. The van der Waals surface area contributed by atoms with Crippen LogP contribution in [0.5, 0.6) is 0 Å². The third-order valence-electron chi connectivity index (χ3n) is 2.81. The molecule has 0 bridgehead atoms. The molecule has 1 N–H and O–H groups in total. The van der Waals surface area contributed by atoms with Gasteiger partial charge in [-0.3, -0.25) is 10.1 Å². The van der Waals surface area contributed by atoms with Crippen LogP contribution in [0.15, 0.2) is 24.5 Å². The summed E-state index contributed by atoms with van der Waals surface area (Å²) in [4.78, 5) is 10.5. The first-order valence-corrected chi connectivity index (χ1v) is 5.95. The number of aryl methyl sites for hydroxylation is 1. The molecule has 1 aromatic heterocycles. The average Bonchev–Trinajstić information content (AvgIpc) is 2.91. The normalized spacial score (nSPS) is 10.0. The Morgan fingerprint density at radius 1 is 1.55 bits per heavy atom. The van der Waals surface area contributed by atoms with Gasteiger partial charge in [0, 0.05) is 6.54 Å². The smallest absolute Gasteiger partial charge is 0.309 e. The maximum Gasteiger partial charge on any atom is 0.309 e. The molecule has 1 heterocycles. The summed E-state index contributed by atoms with van der Waals surface area (Å²) in [5.74, 6) is 0.671. The predicted octanol–water partition coefficient (Wildman–Crippen LogP) is 1.69. The first-order valence-electron chi connectivity index (χ1n) is 5.95. The van der Waals surface area contributed by atoms with Crippen molar-refractivity contribution in [1.29, 1.82) is 5.26 Å². The van der Waals surface area contributed by atoms with Crippen LogP contribution in [0.1, 0.15) is 18.3 Å². The molecule has 2 aromatic rings. The molecule has 0 amide bonds. The van der Waals surface area contributed by atoms with Crippen molar-refractivity contribution < 1.29 is 4.92 Å². The highest BCUT2D eigenvalue weighted by Gasteiger charge is 2.19. The molecule has 2 rings (SSSR count). The first-order chi connectivity index (χ1) is 9.67. The SMILES string of the molecule is CCn1cnnc1CNc1cccc(C#N)c1[N+](=O)[O-]. The first kappa shape index (κ1) is 13.5. The van der Waals surface area contributed by atoms with Gasteiger partial charge < -0.3 is 9.88 Å². The number of para-hydroxylation sites is 1. The third kappa shape index (κ3) is 2.56. The molecule has 0 atom stereocenters. The number of nitro benzene ring substituents is 1. The zero-order valence-electron chi connectivity index (χ0n) is 10.8. The van der Waals surface area contributed by atoms with Gasteiger partial charge in [-0.25, -0.2) is 0 Å². The Kier molecular flexibility index (Phi) is 3.91. The van der Waals surface area contributed by atoms with Crippen LogP contribution >= 0.6 is 0 Å². The van der Waals surface area contributed by atoms with E-state index < -0.39 is 4.92 Å². The highest BCUT2D eigenvalue weighted by Crippen LogP contribution is 2.28. The average molecular weight is 272 g/mol. The molecular formula is C12H12N6O2.